The molecular formula is C16H22N2O2. The smallest absolute Gasteiger partial charge is 0.253 e. The molecule has 2 N–H and O–H groups in total. The molecule has 4 heteroatoms. The molecule has 1 fully saturated rings. The molecule has 0 radical (unpaired) electrons. The number of nitrogens with one attached hydrogen (secondary N) is 2. The predicted octanol–water partition coefficient (Wildman–Crippen LogP) is 2.96. The molecule has 0 atom stereocenters. The van der Waals surface area contributed by atoms with Gasteiger partial charge in [-0.25, -0.2) is 0 Å². The molecule has 108 valence electrons. The summed E-state index contributed by atoms with van der Waals surface area (Å²) >= 11 is 0. The molecule has 2 rings (SSSR count). The van der Waals surface area contributed by atoms with Gasteiger partial charge >= 0.3 is 0 Å². The third-order valence-corrected chi connectivity index (χ3v) is 3.93. The maximum absolute atomic E-state index is 12.0. The van der Waals surface area contributed by atoms with Gasteiger partial charge in [-0.05, 0) is 24.5 Å². The van der Waals surface area contributed by atoms with Gasteiger partial charge in [-0.3, -0.25) is 9.59 Å². The van der Waals surface area contributed by atoms with Crippen LogP contribution in [0.1, 0.15) is 48.9 Å². The van der Waals surface area contributed by atoms with E-state index in [2.05, 4.69) is 10.6 Å². The fourth-order valence-electron chi connectivity index (χ4n) is 2.77. The third-order valence-electron chi connectivity index (χ3n) is 3.93. The summed E-state index contributed by atoms with van der Waals surface area (Å²) in [6, 6.07) is 7.08. The van der Waals surface area contributed by atoms with Crippen LogP contribution in [0.5, 0.6) is 0 Å². The normalized spacial score (nSPS) is 15.1. The molecule has 1 saturated carbocycles. The molecule has 0 heterocycles. The molecule has 1 aromatic rings. The Hall–Kier alpha value is -1.84. The minimum atomic E-state index is -0.184. The Morgan fingerprint density at radius 3 is 2.60 bits per heavy atom. The molecule has 1 aliphatic rings. The van der Waals surface area contributed by atoms with E-state index in [0.717, 1.165) is 6.42 Å². The summed E-state index contributed by atoms with van der Waals surface area (Å²) in [7, 11) is 1.58. The second-order valence-corrected chi connectivity index (χ2v) is 5.36. The van der Waals surface area contributed by atoms with Crippen molar-refractivity contribution in [1.82, 2.24) is 5.32 Å². The summed E-state index contributed by atoms with van der Waals surface area (Å²) in [5.74, 6) is 0.514. The summed E-state index contributed by atoms with van der Waals surface area (Å²) in [5, 5.41) is 5.43. The van der Waals surface area contributed by atoms with Gasteiger partial charge in [0.2, 0.25) is 5.91 Å². The molecule has 0 aliphatic heterocycles. The van der Waals surface area contributed by atoms with Crippen molar-refractivity contribution in [2.45, 2.75) is 38.5 Å². The molecule has 1 aromatic carbocycles. The quantitative estimate of drug-likeness (QED) is 0.867. The second-order valence-electron chi connectivity index (χ2n) is 5.36. The molecule has 0 aromatic heterocycles. The SMILES string of the molecule is CNC(=O)c1ccccc1NC(=O)CCC1CCCC1. The first-order valence-corrected chi connectivity index (χ1v) is 7.31. The molecule has 4 nitrogen and oxygen atoms in total. The van der Waals surface area contributed by atoms with Crippen molar-refractivity contribution >= 4 is 17.5 Å². The van der Waals surface area contributed by atoms with Crippen LogP contribution in [0.25, 0.3) is 0 Å². The lowest BCUT2D eigenvalue weighted by Crippen LogP contribution is -2.21. The van der Waals surface area contributed by atoms with Crippen LogP contribution in [-0.2, 0) is 4.79 Å². The van der Waals surface area contributed by atoms with E-state index in [9.17, 15) is 9.59 Å². The number of amides is 2. The Morgan fingerprint density at radius 2 is 1.90 bits per heavy atom. The highest BCUT2D eigenvalue weighted by Crippen LogP contribution is 2.28. The first-order chi connectivity index (χ1) is 9.70. The Bertz CT molecular complexity index is 479. The number of hydrogen-bond acceptors (Lipinski definition) is 2. The van der Waals surface area contributed by atoms with Gasteiger partial charge in [0.25, 0.3) is 5.91 Å². The van der Waals surface area contributed by atoms with E-state index in [4.69, 9.17) is 0 Å². The van der Waals surface area contributed by atoms with Gasteiger partial charge in [-0.2, -0.15) is 0 Å². The minimum absolute atomic E-state index is 0.00625. The van der Waals surface area contributed by atoms with Crippen LogP contribution in [0.3, 0.4) is 0 Å². The Balaban J connectivity index is 1.91. The average molecular weight is 274 g/mol. The van der Waals surface area contributed by atoms with Crippen molar-refractivity contribution in [1.29, 1.82) is 0 Å². The fourth-order valence-corrected chi connectivity index (χ4v) is 2.77. The number of anilines is 1. The first kappa shape index (κ1) is 14.6. The highest BCUT2D eigenvalue weighted by molar-refractivity contribution is 6.03. The molecule has 0 unspecified atom stereocenters. The summed E-state index contributed by atoms with van der Waals surface area (Å²) in [6.07, 6.45) is 6.59. The van der Waals surface area contributed by atoms with E-state index in [1.54, 1.807) is 25.2 Å². The number of para-hydroxylation sites is 1. The summed E-state index contributed by atoms with van der Waals surface area (Å²) in [5.41, 5.74) is 1.09. The molecular weight excluding hydrogens is 252 g/mol. The predicted molar refractivity (Wildman–Crippen MR) is 79.7 cm³/mol. The van der Waals surface area contributed by atoms with Gasteiger partial charge in [0.15, 0.2) is 0 Å². The zero-order chi connectivity index (χ0) is 14.4. The van der Waals surface area contributed by atoms with Crippen LogP contribution < -0.4 is 10.6 Å². The van der Waals surface area contributed by atoms with Gasteiger partial charge in [0.1, 0.15) is 0 Å². The minimum Gasteiger partial charge on any atom is -0.355 e. The van der Waals surface area contributed by atoms with Gasteiger partial charge in [-0.15, -0.1) is 0 Å². The van der Waals surface area contributed by atoms with Crippen molar-refractivity contribution in [3.05, 3.63) is 29.8 Å². The van der Waals surface area contributed by atoms with Crippen LogP contribution in [0.4, 0.5) is 5.69 Å². The molecule has 1 aliphatic carbocycles. The molecule has 0 spiro atoms. The number of carbonyl (C=O) groups is 2. The Kier molecular flexibility index (Phi) is 5.16. The van der Waals surface area contributed by atoms with E-state index in [1.807, 2.05) is 6.07 Å². The lowest BCUT2D eigenvalue weighted by atomic mass is 10.0. The zero-order valence-corrected chi connectivity index (χ0v) is 11.9. The lowest BCUT2D eigenvalue weighted by molar-refractivity contribution is -0.116. The summed E-state index contributed by atoms with van der Waals surface area (Å²) in [4.78, 5) is 23.7. The van der Waals surface area contributed by atoms with Crippen LogP contribution >= 0.6 is 0 Å². The van der Waals surface area contributed by atoms with Crippen molar-refractivity contribution in [2.24, 2.45) is 5.92 Å². The topological polar surface area (TPSA) is 58.2 Å². The van der Waals surface area contributed by atoms with Crippen molar-refractivity contribution in [3.63, 3.8) is 0 Å². The van der Waals surface area contributed by atoms with Gasteiger partial charge in [0, 0.05) is 13.5 Å². The lowest BCUT2D eigenvalue weighted by Gasteiger charge is -2.11. The van der Waals surface area contributed by atoms with Crippen molar-refractivity contribution in [3.8, 4) is 0 Å². The van der Waals surface area contributed by atoms with Crippen molar-refractivity contribution < 1.29 is 9.59 Å². The second kappa shape index (κ2) is 7.08. The maximum atomic E-state index is 12.0. The monoisotopic (exact) mass is 274 g/mol. The Morgan fingerprint density at radius 1 is 1.20 bits per heavy atom. The maximum Gasteiger partial charge on any atom is 0.253 e. The fraction of sp³-hybridized carbons (Fsp3) is 0.500. The number of hydrogen-bond donors (Lipinski definition) is 2. The molecule has 20 heavy (non-hydrogen) atoms. The van der Waals surface area contributed by atoms with E-state index in [1.165, 1.54) is 25.7 Å². The highest BCUT2D eigenvalue weighted by Gasteiger charge is 2.17. The van der Waals surface area contributed by atoms with Gasteiger partial charge < -0.3 is 10.6 Å². The standard InChI is InChI=1S/C16H22N2O2/c1-17-16(20)13-8-4-5-9-14(13)18-15(19)11-10-12-6-2-3-7-12/h4-5,8-9,12H,2-3,6-7,10-11H2,1H3,(H,17,20)(H,18,19). The van der Waals surface area contributed by atoms with Crippen LogP contribution in [-0.4, -0.2) is 18.9 Å². The molecule has 2 amide bonds. The van der Waals surface area contributed by atoms with Crippen LogP contribution in [0.2, 0.25) is 0 Å². The van der Waals surface area contributed by atoms with Gasteiger partial charge in [0.05, 0.1) is 11.3 Å². The summed E-state index contributed by atoms with van der Waals surface area (Å²) in [6.45, 7) is 0. The molecule has 0 bridgehead atoms. The third kappa shape index (κ3) is 3.83. The average Bonchev–Trinajstić information content (AvgIpc) is 2.98. The van der Waals surface area contributed by atoms with E-state index in [-0.39, 0.29) is 11.8 Å². The van der Waals surface area contributed by atoms with Crippen LogP contribution in [0, 0.1) is 5.92 Å². The first-order valence-electron chi connectivity index (χ1n) is 7.31. The number of benzene rings is 1. The van der Waals surface area contributed by atoms with Gasteiger partial charge in [-0.1, -0.05) is 37.8 Å². The van der Waals surface area contributed by atoms with E-state index in [0.29, 0.717) is 23.6 Å². The van der Waals surface area contributed by atoms with E-state index < -0.39 is 0 Å². The highest BCUT2D eigenvalue weighted by atomic mass is 16.2. The van der Waals surface area contributed by atoms with Crippen LogP contribution in [0.15, 0.2) is 24.3 Å². The Labute approximate surface area is 119 Å². The number of carbonyl (C=O) groups excluding carboxylic acids is 2. The van der Waals surface area contributed by atoms with E-state index >= 15 is 0 Å². The van der Waals surface area contributed by atoms with Crippen molar-refractivity contribution in [2.75, 3.05) is 12.4 Å². The largest absolute Gasteiger partial charge is 0.355 e. The summed E-state index contributed by atoms with van der Waals surface area (Å²) < 4.78 is 0. The zero-order valence-electron chi connectivity index (χ0n) is 11.9. The number of rotatable bonds is 5. The molecule has 0 saturated heterocycles.